The van der Waals surface area contributed by atoms with Crippen molar-refractivity contribution >= 4 is 21.8 Å². The van der Waals surface area contributed by atoms with Crippen molar-refractivity contribution in [1.29, 1.82) is 0 Å². The molecule has 1 rings (SSSR count). The molecule has 0 aliphatic carbocycles. The van der Waals surface area contributed by atoms with Gasteiger partial charge in [-0.15, -0.1) is 0 Å². The summed E-state index contributed by atoms with van der Waals surface area (Å²) in [4.78, 5) is 12.1. The molecule has 0 fully saturated rings. The smallest absolute Gasteiger partial charge is 0.253 e. The van der Waals surface area contributed by atoms with Gasteiger partial charge in [-0.2, -0.15) is 0 Å². The number of halogens is 1. The standard InChI is InChI=1S/C13H18BrNO3/c1-3-13(7-16,8-17)15-12(18)10-5-4-9(2)6-11(10)14/h4-6,16-17H,3,7-8H2,1-2H3,(H,15,18). The Labute approximate surface area is 115 Å². The molecule has 0 saturated carbocycles. The molecule has 0 saturated heterocycles. The van der Waals surface area contributed by atoms with Gasteiger partial charge in [-0.05, 0) is 47.0 Å². The average molecular weight is 316 g/mol. The molecule has 0 unspecified atom stereocenters. The third kappa shape index (κ3) is 3.31. The van der Waals surface area contributed by atoms with E-state index in [9.17, 15) is 15.0 Å². The Morgan fingerprint density at radius 3 is 2.44 bits per heavy atom. The van der Waals surface area contributed by atoms with Crippen molar-refractivity contribution in [1.82, 2.24) is 5.32 Å². The second-order valence-corrected chi connectivity index (χ2v) is 5.24. The molecule has 0 aromatic heterocycles. The summed E-state index contributed by atoms with van der Waals surface area (Å²) in [6.45, 7) is 3.14. The fourth-order valence-electron chi connectivity index (χ4n) is 1.55. The Morgan fingerprint density at radius 1 is 1.39 bits per heavy atom. The van der Waals surface area contributed by atoms with Gasteiger partial charge in [-0.3, -0.25) is 4.79 Å². The van der Waals surface area contributed by atoms with Crippen LogP contribution in [0.15, 0.2) is 22.7 Å². The zero-order valence-electron chi connectivity index (χ0n) is 10.5. The van der Waals surface area contributed by atoms with Crippen LogP contribution in [0.5, 0.6) is 0 Å². The van der Waals surface area contributed by atoms with Crippen molar-refractivity contribution in [3.05, 3.63) is 33.8 Å². The van der Waals surface area contributed by atoms with Gasteiger partial charge in [-0.1, -0.05) is 13.0 Å². The SMILES string of the molecule is CCC(CO)(CO)NC(=O)c1ccc(C)cc1Br. The van der Waals surface area contributed by atoms with Crippen LogP contribution in [-0.4, -0.2) is 34.9 Å². The lowest BCUT2D eigenvalue weighted by Crippen LogP contribution is -2.53. The van der Waals surface area contributed by atoms with E-state index in [4.69, 9.17) is 0 Å². The van der Waals surface area contributed by atoms with Gasteiger partial charge in [0.05, 0.1) is 24.3 Å². The number of amides is 1. The van der Waals surface area contributed by atoms with Crippen LogP contribution in [0.25, 0.3) is 0 Å². The first-order valence-electron chi connectivity index (χ1n) is 5.78. The van der Waals surface area contributed by atoms with Crippen LogP contribution >= 0.6 is 15.9 Å². The van der Waals surface area contributed by atoms with Crippen molar-refractivity contribution in [2.75, 3.05) is 13.2 Å². The number of aryl methyl sites for hydroxylation is 1. The zero-order valence-corrected chi connectivity index (χ0v) is 12.1. The number of aliphatic hydroxyl groups is 2. The van der Waals surface area contributed by atoms with E-state index in [2.05, 4.69) is 21.2 Å². The van der Waals surface area contributed by atoms with E-state index in [1.807, 2.05) is 19.1 Å². The van der Waals surface area contributed by atoms with Gasteiger partial charge < -0.3 is 15.5 Å². The molecule has 0 heterocycles. The minimum Gasteiger partial charge on any atom is -0.394 e. The molecule has 0 spiro atoms. The normalized spacial score (nSPS) is 11.4. The minimum absolute atomic E-state index is 0.296. The number of aliphatic hydroxyl groups excluding tert-OH is 2. The molecule has 0 aliphatic heterocycles. The Bertz CT molecular complexity index is 422. The van der Waals surface area contributed by atoms with Gasteiger partial charge in [0.25, 0.3) is 5.91 Å². The van der Waals surface area contributed by atoms with Gasteiger partial charge in [-0.25, -0.2) is 0 Å². The largest absolute Gasteiger partial charge is 0.394 e. The highest BCUT2D eigenvalue weighted by Gasteiger charge is 2.29. The van der Waals surface area contributed by atoms with E-state index >= 15 is 0 Å². The molecular formula is C13H18BrNO3. The Balaban J connectivity index is 2.94. The summed E-state index contributed by atoms with van der Waals surface area (Å²) in [6, 6.07) is 5.40. The molecule has 0 radical (unpaired) electrons. The van der Waals surface area contributed by atoms with Crippen molar-refractivity contribution in [3.63, 3.8) is 0 Å². The van der Waals surface area contributed by atoms with Crippen LogP contribution in [0, 0.1) is 6.92 Å². The van der Waals surface area contributed by atoms with E-state index in [0.717, 1.165) is 5.56 Å². The molecule has 0 bridgehead atoms. The van der Waals surface area contributed by atoms with Crippen LogP contribution in [0.3, 0.4) is 0 Å². The Morgan fingerprint density at radius 2 is 2.00 bits per heavy atom. The van der Waals surface area contributed by atoms with Crippen LogP contribution in [0.4, 0.5) is 0 Å². The van der Waals surface area contributed by atoms with E-state index in [0.29, 0.717) is 16.5 Å². The third-order valence-corrected chi connectivity index (χ3v) is 3.69. The average Bonchev–Trinajstić information content (AvgIpc) is 2.36. The number of nitrogens with one attached hydrogen (secondary N) is 1. The lowest BCUT2D eigenvalue weighted by atomic mass is 9.97. The second-order valence-electron chi connectivity index (χ2n) is 4.39. The molecule has 100 valence electrons. The van der Waals surface area contributed by atoms with Gasteiger partial charge in [0, 0.05) is 4.47 Å². The summed E-state index contributed by atoms with van der Waals surface area (Å²) in [5.41, 5.74) is 0.561. The Hall–Kier alpha value is -0.910. The molecule has 1 aromatic rings. The first-order chi connectivity index (χ1) is 8.48. The van der Waals surface area contributed by atoms with Crippen molar-refractivity contribution in [3.8, 4) is 0 Å². The fraction of sp³-hybridized carbons (Fsp3) is 0.462. The molecule has 0 atom stereocenters. The molecule has 3 N–H and O–H groups in total. The highest BCUT2D eigenvalue weighted by molar-refractivity contribution is 9.10. The summed E-state index contributed by atoms with van der Waals surface area (Å²) in [6.07, 6.45) is 0.454. The maximum atomic E-state index is 12.1. The number of carbonyl (C=O) groups is 1. The monoisotopic (exact) mass is 315 g/mol. The number of rotatable bonds is 5. The van der Waals surface area contributed by atoms with Crippen LogP contribution in [0.1, 0.15) is 29.3 Å². The molecule has 1 aromatic carbocycles. The molecule has 0 aliphatic rings. The summed E-state index contributed by atoms with van der Waals surface area (Å²) in [7, 11) is 0. The molecule has 1 amide bonds. The van der Waals surface area contributed by atoms with Gasteiger partial charge in [0.1, 0.15) is 0 Å². The number of benzene rings is 1. The van der Waals surface area contributed by atoms with Crippen molar-refractivity contribution in [2.24, 2.45) is 0 Å². The van der Waals surface area contributed by atoms with Crippen LogP contribution < -0.4 is 5.32 Å². The quantitative estimate of drug-likeness (QED) is 0.773. The summed E-state index contributed by atoms with van der Waals surface area (Å²) >= 11 is 3.34. The molecule has 5 heteroatoms. The third-order valence-electron chi connectivity index (χ3n) is 3.03. The summed E-state index contributed by atoms with van der Waals surface area (Å²) in [5.74, 6) is -0.313. The van der Waals surface area contributed by atoms with E-state index in [1.54, 1.807) is 13.0 Å². The van der Waals surface area contributed by atoms with Crippen LogP contribution in [0.2, 0.25) is 0 Å². The first kappa shape index (κ1) is 15.1. The maximum absolute atomic E-state index is 12.1. The molecular weight excluding hydrogens is 298 g/mol. The molecule has 4 nitrogen and oxygen atoms in total. The lowest BCUT2D eigenvalue weighted by molar-refractivity contribution is 0.0652. The van der Waals surface area contributed by atoms with Gasteiger partial charge in [0.15, 0.2) is 0 Å². The number of carbonyl (C=O) groups excluding carboxylic acids is 1. The lowest BCUT2D eigenvalue weighted by Gasteiger charge is -2.29. The van der Waals surface area contributed by atoms with E-state index in [-0.39, 0.29) is 19.1 Å². The Kier molecular flexibility index (Phi) is 5.31. The topological polar surface area (TPSA) is 69.6 Å². The predicted octanol–water partition coefficient (Wildman–Crippen LogP) is 1.62. The predicted molar refractivity (Wildman–Crippen MR) is 73.5 cm³/mol. The highest BCUT2D eigenvalue weighted by Crippen LogP contribution is 2.19. The highest BCUT2D eigenvalue weighted by atomic mass is 79.9. The van der Waals surface area contributed by atoms with Crippen molar-refractivity contribution < 1.29 is 15.0 Å². The molecule has 18 heavy (non-hydrogen) atoms. The van der Waals surface area contributed by atoms with E-state index < -0.39 is 5.54 Å². The zero-order chi connectivity index (χ0) is 13.8. The minimum atomic E-state index is -0.971. The maximum Gasteiger partial charge on any atom is 0.253 e. The first-order valence-corrected chi connectivity index (χ1v) is 6.57. The summed E-state index contributed by atoms with van der Waals surface area (Å²) in [5, 5.41) is 21.3. The fourth-order valence-corrected chi connectivity index (χ4v) is 2.23. The number of hydrogen-bond acceptors (Lipinski definition) is 3. The summed E-state index contributed by atoms with van der Waals surface area (Å²) < 4.78 is 0.695. The number of hydrogen-bond donors (Lipinski definition) is 3. The van der Waals surface area contributed by atoms with E-state index in [1.165, 1.54) is 0 Å². The second kappa shape index (κ2) is 6.31. The van der Waals surface area contributed by atoms with Gasteiger partial charge >= 0.3 is 0 Å². The van der Waals surface area contributed by atoms with Crippen molar-refractivity contribution in [2.45, 2.75) is 25.8 Å². The van der Waals surface area contributed by atoms with Crippen LogP contribution in [-0.2, 0) is 0 Å². The van der Waals surface area contributed by atoms with Gasteiger partial charge in [0.2, 0.25) is 0 Å².